The van der Waals surface area contributed by atoms with Crippen LogP contribution >= 0.6 is 0 Å². The van der Waals surface area contributed by atoms with Gasteiger partial charge in [0.05, 0.1) is 29.2 Å². The fourth-order valence-corrected chi connectivity index (χ4v) is 4.82. The van der Waals surface area contributed by atoms with Gasteiger partial charge in [0.1, 0.15) is 11.6 Å². The third kappa shape index (κ3) is 2.80. The van der Waals surface area contributed by atoms with Crippen LogP contribution < -0.4 is 5.32 Å². The van der Waals surface area contributed by atoms with Gasteiger partial charge in [-0.05, 0) is 49.3 Å². The number of hydrogen-bond acceptors (Lipinski definition) is 4. The second kappa shape index (κ2) is 6.55. The summed E-state index contributed by atoms with van der Waals surface area (Å²) in [5.74, 6) is 0.339. The Morgan fingerprint density at radius 2 is 1.96 bits per heavy atom. The van der Waals surface area contributed by atoms with E-state index < -0.39 is 11.6 Å². The molecule has 1 aromatic carbocycles. The topological polar surface area (TPSA) is 77.4 Å². The van der Waals surface area contributed by atoms with E-state index in [2.05, 4.69) is 20.5 Å². The molecule has 142 valence electrons. The van der Waals surface area contributed by atoms with Gasteiger partial charge in [-0.25, -0.2) is 13.8 Å². The van der Waals surface area contributed by atoms with Gasteiger partial charge in [0, 0.05) is 17.0 Å². The molecule has 7 heteroatoms. The second-order valence-electron chi connectivity index (χ2n) is 7.88. The SMILES string of the molecule is N#Cc1cc(F)c(NC2CC3CCC2CC3)cc1-c1[nH]nc2ncc(F)cc12. The summed E-state index contributed by atoms with van der Waals surface area (Å²) in [6.07, 6.45) is 7.05. The molecule has 3 aromatic rings. The second-order valence-corrected chi connectivity index (χ2v) is 7.88. The number of benzene rings is 1. The van der Waals surface area contributed by atoms with Crippen molar-refractivity contribution in [3.05, 3.63) is 41.6 Å². The van der Waals surface area contributed by atoms with Crippen LogP contribution in [0.4, 0.5) is 14.5 Å². The van der Waals surface area contributed by atoms with Crippen molar-refractivity contribution in [3.63, 3.8) is 0 Å². The van der Waals surface area contributed by atoms with Gasteiger partial charge >= 0.3 is 0 Å². The number of pyridine rings is 1. The lowest BCUT2D eigenvalue weighted by Crippen LogP contribution is -2.40. The van der Waals surface area contributed by atoms with Crippen LogP contribution in [0.25, 0.3) is 22.3 Å². The summed E-state index contributed by atoms with van der Waals surface area (Å²) in [4.78, 5) is 3.95. The zero-order chi connectivity index (χ0) is 19.3. The molecule has 6 rings (SSSR count). The maximum absolute atomic E-state index is 14.7. The molecule has 3 saturated carbocycles. The van der Waals surface area contributed by atoms with E-state index in [0.29, 0.717) is 39.8 Å². The maximum atomic E-state index is 14.7. The molecule has 2 aromatic heterocycles. The highest BCUT2D eigenvalue weighted by molar-refractivity contribution is 5.93. The van der Waals surface area contributed by atoms with Crippen molar-refractivity contribution in [1.29, 1.82) is 5.26 Å². The molecule has 0 radical (unpaired) electrons. The summed E-state index contributed by atoms with van der Waals surface area (Å²) in [6, 6.07) is 6.47. The number of aromatic amines is 1. The van der Waals surface area contributed by atoms with Gasteiger partial charge in [-0.15, -0.1) is 0 Å². The minimum Gasteiger partial charge on any atom is -0.380 e. The normalized spacial score (nSPS) is 23.7. The molecule has 1 atom stereocenters. The number of H-pyrrole nitrogens is 1. The minimum atomic E-state index is -0.493. The number of halogens is 2. The standard InChI is InChI=1S/C21H19F2N5/c22-14-7-16-20(27-28-21(16)25-10-14)15-8-19(17(23)6-13(15)9-24)26-18-5-11-1-3-12(18)4-2-11/h6-8,10-12,18,26H,1-5H2,(H,25,27,28). The predicted molar refractivity (Wildman–Crippen MR) is 101 cm³/mol. The molecule has 28 heavy (non-hydrogen) atoms. The molecule has 0 aliphatic heterocycles. The predicted octanol–water partition coefficient (Wildman–Crippen LogP) is 4.77. The van der Waals surface area contributed by atoms with Crippen molar-refractivity contribution in [3.8, 4) is 17.3 Å². The van der Waals surface area contributed by atoms with Gasteiger partial charge in [-0.3, -0.25) is 5.10 Å². The third-order valence-corrected chi connectivity index (χ3v) is 6.26. The number of rotatable bonds is 3. The van der Waals surface area contributed by atoms with Crippen LogP contribution in [-0.4, -0.2) is 21.2 Å². The van der Waals surface area contributed by atoms with Crippen LogP contribution in [-0.2, 0) is 0 Å². The average Bonchev–Trinajstić information content (AvgIpc) is 3.13. The Morgan fingerprint density at radius 3 is 2.68 bits per heavy atom. The highest BCUT2D eigenvalue weighted by Crippen LogP contribution is 2.43. The van der Waals surface area contributed by atoms with Gasteiger partial charge in [0.15, 0.2) is 5.65 Å². The zero-order valence-electron chi connectivity index (χ0n) is 15.2. The van der Waals surface area contributed by atoms with E-state index in [-0.39, 0.29) is 11.6 Å². The third-order valence-electron chi connectivity index (χ3n) is 6.26. The highest BCUT2D eigenvalue weighted by atomic mass is 19.1. The number of anilines is 1. The van der Waals surface area contributed by atoms with Gasteiger partial charge < -0.3 is 5.32 Å². The van der Waals surface area contributed by atoms with Gasteiger partial charge in [-0.2, -0.15) is 10.4 Å². The van der Waals surface area contributed by atoms with E-state index in [9.17, 15) is 14.0 Å². The Kier molecular flexibility index (Phi) is 4.00. The molecule has 0 amide bonds. The smallest absolute Gasteiger partial charge is 0.181 e. The molecule has 3 aliphatic carbocycles. The summed E-state index contributed by atoms with van der Waals surface area (Å²) in [5.41, 5.74) is 1.85. The van der Waals surface area contributed by atoms with Gasteiger partial charge in [0.2, 0.25) is 0 Å². The number of nitriles is 1. The monoisotopic (exact) mass is 379 g/mol. The van der Waals surface area contributed by atoms with Crippen LogP contribution in [0, 0.1) is 34.8 Å². The van der Waals surface area contributed by atoms with Crippen molar-refractivity contribution >= 4 is 16.7 Å². The molecule has 5 nitrogen and oxygen atoms in total. The number of nitrogens with zero attached hydrogens (tertiary/aromatic N) is 3. The van der Waals surface area contributed by atoms with E-state index in [4.69, 9.17) is 0 Å². The lowest BCUT2D eigenvalue weighted by atomic mass is 9.68. The van der Waals surface area contributed by atoms with Gasteiger partial charge in [0.25, 0.3) is 0 Å². The Balaban J connectivity index is 1.57. The summed E-state index contributed by atoms with van der Waals surface area (Å²) < 4.78 is 28.4. The first-order valence-electron chi connectivity index (χ1n) is 9.62. The summed E-state index contributed by atoms with van der Waals surface area (Å²) in [6.45, 7) is 0. The first kappa shape index (κ1) is 17.1. The highest BCUT2D eigenvalue weighted by Gasteiger charge is 2.35. The Hall–Kier alpha value is -3.01. The lowest BCUT2D eigenvalue weighted by Gasteiger charge is -2.43. The largest absolute Gasteiger partial charge is 0.380 e. The summed E-state index contributed by atoms with van der Waals surface area (Å²) in [5, 5.41) is 20.3. The summed E-state index contributed by atoms with van der Waals surface area (Å²) >= 11 is 0. The molecule has 1 unspecified atom stereocenters. The minimum absolute atomic E-state index is 0.169. The van der Waals surface area contributed by atoms with Crippen molar-refractivity contribution in [2.45, 2.75) is 38.1 Å². The number of nitrogens with one attached hydrogen (secondary N) is 2. The molecular weight excluding hydrogens is 360 g/mol. The first-order chi connectivity index (χ1) is 13.6. The summed E-state index contributed by atoms with van der Waals surface area (Å²) in [7, 11) is 0. The van der Waals surface area contributed by atoms with Gasteiger partial charge in [-0.1, -0.05) is 12.8 Å². The molecule has 3 aliphatic rings. The Labute approximate surface area is 160 Å². The quantitative estimate of drug-likeness (QED) is 0.687. The Morgan fingerprint density at radius 1 is 1.14 bits per heavy atom. The van der Waals surface area contributed by atoms with Crippen LogP contribution in [0.3, 0.4) is 0 Å². The molecular formula is C21H19F2N5. The number of fused-ring (bicyclic) bond motifs is 4. The lowest BCUT2D eigenvalue weighted by molar-refractivity contribution is 0.157. The zero-order valence-corrected chi connectivity index (χ0v) is 15.2. The molecule has 2 heterocycles. The number of aromatic nitrogens is 3. The molecule has 2 bridgehead atoms. The van der Waals surface area contributed by atoms with E-state index in [1.165, 1.54) is 37.8 Å². The van der Waals surface area contributed by atoms with Crippen LogP contribution in [0.15, 0.2) is 24.4 Å². The maximum Gasteiger partial charge on any atom is 0.181 e. The van der Waals surface area contributed by atoms with E-state index in [0.717, 1.165) is 12.6 Å². The Bertz CT molecular complexity index is 1090. The fourth-order valence-electron chi connectivity index (χ4n) is 4.82. The number of hydrogen-bond donors (Lipinski definition) is 2. The molecule has 2 N–H and O–H groups in total. The molecule has 3 fully saturated rings. The van der Waals surface area contributed by atoms with Crippen molar-refractivity contribution < 1.29 is 8.78 Å². The van der Waals surface area contributed by atoms with Crippen molar-refractivity contribution in [2.75, 3.05) is 5.32 Å². The van der Waals surface area contributed by atoms with E-state index in [1.807, 2.05) is 6.07 Å². The van der Waals surface area contributed by atoms with Crippen molar-refractivity contribution in [1.82, 2.24) is 15.2 Å². The molecule has 0 saturated heterocycles. The average molecular weight is 379 g/mol. The molecule has 0 spiro atoms. The fraction of sp³-hybridized carbons (Fsp3) is 0.381. The van der Waals surface area contributed by atoms with Crippen molar-refractivity contribution in [2.24, 2.45) is 11.8 Å². The van der Waals surface area contributed by atoms with E-state index in [1.54, 1.807) is 6.07 Å². The first-order valence-corrected chi connectivity index (χ1v) is 9.62. The van der Waals surface area contributed by atoms with Crippen LogP contribution in [0.2, 0.25) is 0 Å². The van der Waals surface area contributed by atoms with E-state index >= 15 is 0 Å². The van der Waals surface area contributed by atoms with Crippen LogP contribution in [0.5, 0.6) is 0 Å². The van der Waals surface area contributed by atoms with Crippen LogP contribution in [0.1, 0.15) is 37.7 Å².